The first-order valence-electron chi connectivity index (χ1n) is 7.93. The fourth-order valence-corrected chi connectivity index (χ4v) is 2.81. The van der Waals surface area contributed by atoms with Crippen LogP contribution in [0.5, 0.6) is 5.75 Å². The Labute approximate surface area is 126 Å². The molecule has 1 fully saturated rings. The molecular formula is C17H26FNO2. The van der Waals surface area contributed by atoms with E-state index < -0.39 is 0 Å². The smallest absolute Gasteiger partial charge is 0.165 e. The Morgan fingerprint density at radius 2 is 2.29 bits per heavy atom. The van der Waals surface area contributed by atoms with Crippen molar-refractivity contribution in [3.8, 4) is 5.75 Å². The van der Waals surface area contributed by atoms with Crippen LogP contribution in [0.25, 0.3) is 0 Å². The Morgan fingerprint density at radius 3 is 2.90 bits per heavy atom. The maximum absolute atomic E-state index is 13.9. The molecular weight excluding hydrogens is 269 g/mol. The fraction of sp³-hybridized carbons (Fsp3) is 0.647. The summed E-state index contributed by atoms with van der Waals surface area (Å²) in [6.07, 6.45) is 5.70. The van der Waals surface area contributed by atoms with Gasteiger partial charge in [0.25, 0.3) is 0 Å². The van der Waals surface area contributed by atoms with E-state index in [-0.39, 0.29) is 18.0 Å². The summed E-state index contributed by atoms with van der Waals surface area (Å²) in [4.78, 5) is 0. The molecule has 1 aromatic carbocycles. The summed E-state index contributed by atoms with van der Waals surface area (Å²) in [6, 6.07) is 5.36. The van der Waals surface area contributed by atoms with Gasteiger partial charge in [0.1, 0.15) is 0 Å². The lowest BCUT2D eigenvalue weighted by molar-refractivity contribution is 0.00503. The Bertz CT molecular complexity index is 433. The standard InChI is InChI=1S/C17H26FNO2/c1-3-9-19-16(12-14-6-4-5-10-21-14)13-7-8-17(20-2)15(18)11-13/h7-8,11,14,16,19H,3-6,9-10,12H2,1-2H3. The number of methoxy groups -OCH3 is 1. The minimum Gasteiger partial charge on any atom is -0.494 e. The molecule has 1 heterocycles. The quantitative estimate of drug-likeness (QED) is 0.829. The monoisotopic (exact) mass is 295 g/mol. The van der Waals surface area contributed by atoms with E-state index in [2.05, 4.69) is 12.2 Å². The maximum atomic E-state index is 13.9. The Morgan fingerprint density at radius 1 is 1.43 bits per heavy atom. The predicted molar refractivity (Wildman–Crippen MR) is 82.2 cm³/mol. The van der Waals surface area contributed by atoms with Crippen molar-refractivity contribution in [2.45, 2.75) is 51.2 Å². The van der Waals surface area contributed by atoms with E-state index in [0.29, 0.717) is 5.75 Å². The van der Waals surface area contributed by atoms with Crippen LogP contribution in [-0.4, -0.2) is 26.4 Å². The minimum atomic E-state index is -0.303. The highest BCUT2D eigenvalue weighted by Crippen LogP contribution is 2.27. The summed E-state index contributed by atoms with van der Waals surface area (Å²) in [5.41, 5.74) is 0.968. The van der Waals surface area contributed by atoms with Gasteiger partial charge in [-0.15, -0.1) is 0 Å². The fourth-order valence-electron chi connectivity index (χ4n) is 2.81. The van der Waals surface area contributed by atoms with Crippen molar-refractivity contribution in [3.63, 3.8) is 0 Å². The third-order valence-electron chi connectivity index (χ3n) is 3.99. The van der Waals surface area contributed by atoms with Crippen molar-refractivity contribution in [1.29, 1.82) is 0 Å². The predicted octanol–water partition coefficient (Wildman–Crippen LogP) is 3.83. The second-order valence-corrected chi connectivity index (χ2v) is 5.62. The highest BCUT2D eigenvalue weighted by Gasteiger charge is 2.21. The number of rotatable bonds is 7. The minimum absolute atomic E-state index is 0.133. The van der Waals surface area contributed by atoms with Crippen molar-refractivity contribution in [3.05, 3.63) is 29.6 Å². The van der Waals surface area contributed by atoms with Crippen LogP contribution in [0.1, 0.15) is 50.6 Å². The van der Waals surface area contributed by atoms with Crippen LogP contribution in [0.3, 0.4) is 0 Å². The maximum Gasteiger partial charge on any atom is 0.165 e. The van der Waals surface area contributed by atoms with Crippen LogP contribution >= 0.6 is 0 Å². The van der Waals surface area contributed by atoms with Gasteiger partial charge in [-0.2, -0.15) is 0 Å². The normalized spacial score (nSPS) is 20.2. The number of ether oxygens (including phenoxy) is 2. The van der Waals surface area contributed by atoms with E-state index in [1.807, 2.05) is 6.07 Å². The van der Waals surface area contributed by atoms with Gasteiger partial charge in [0.15, 0.2) is 11.6 Å². The van der Waals surface area contributed by atoms with Gasteiger partial charge in [-0.3, -0.25) is 0 Å². The van der Waals surface area contributed by atoms with Gasteiger partial charge in [-0.1, -0.05) is 13.0 Å². The van der Waals surface area contributed by atoms with Gasteiger partial charge in [0, 0.05) is 12.6 Å². The molecule has 0 bridgehead atoms. The Kier molecular flexibility index (Phi) is 6.46. The molecule has 118 valence electrons. The van der Waals surface area contributed by atoms with Crippen LogP contribution in [0.4, 0.5) is 4.39 Å². The number of hydrogen-bond acceptors (Lipinski definition) is 3. The molecule has 1 N–H and O–H groups in total. The summed E-state index contributed by atoms with van der Waals surface area (Å²) < 4.78 is 24.7. The van der Waals surface area contributed by atoms with Crippen LogP contribution in [-0.2, 0) is 4.74 Å². The number of nitrogens with one attached hydrogen (secondary N) is 1. The molecule has 1 aliphatic rings. The van der Waals surface area contributed by atoms with Crippen LogP contribution in [0.2, 0.25) is 0 Å². The van der Waals surface area contributed by atoms with E-state index in [4.69, 9.17) is 9.47 Å². The molecule has 0 saturated carbocycles. The molecule has 0 spiro atoms. The number of hydrogen-bond donors (Lipinski definition) is 1. The lowest BCUT2D eigenvalue weighted by Crippen LogP contribution is -2.29. The second-order valence-electron chi connectivity index (χ2n) is 5.62. The molecule has 4 heteroatoms. The summed E-state index contributed by atoms with van der Waals surface area (Å²) in [6.45, 7) is 3.91. The lowest BCUT2D eigenvalue weighted by Gasteiger charge is -2.28. The van der Waals surface area contributed by atoms with Gasteiger partial charge in [0.05, 0.1) is 13.2 Å². The first-order valence-corrected chi connectivity index (χ1v) is 7.93. The summed E-state index contributed by atoms with van der Waals surface area (Å²) >= 11 is 0. The molecule has 0 aromatic heterocycles. The van der Waals surface area contributed by atoms with Crippen LogP contribution in [0, 0.1) is 5.82 Å². The SMILES string of the molecule is CCCNC(CC1CCCCO1)c1ccc(OC)c(F)c1. The van der Waals surface area contributed by atoms with Crippen molar-refractivity contribution in [2.24, 2.45) is 0 Å². The van der Waals surface area contributed by atoms with Gasteiger partial charge in [-0.25, -0.2) is 4.39 Å². The van der Waals surface area contributed by atoms with Gasteiger partial charge < -0.3 is 14.8 Å². The van der Waals surface area contributed by atoms with Crippen molar-refractivity contribution < 1.29 is 13.9 Å². The van der Waals surface area contributed by atoms with Gasteiger partial charge in [-0.05, 0) is 56.3 Å². The van der Waals surface area contributed by atoms with Crippen molar-refractivity contribution in [2.75, 3.05) is 20.3 Å². The molecule has 0 radical (unpaired) electrons. The average Bonchev–Trinajstić information content (AvgIpc) is 2.52. The molecule has 21 heavy (non-hydrogen) atoms. The summed E-state index contributed by atoms with van der Waals surface area (Å²) in [5, 5.41) is 3.51. The van der Waals surface area contributed by atoms with E-state index in [0.717, 1.165) is 44.4 Å². The Hall–Kier alpha value is -1.13. The zero-order chi connectivity index (χ0) is 15.1. The molecule has 2 atom stereocenters. The molecule has 2 unspecified atom stereocenters. The zero-order valence-electron chi connectivity index (χ0n) is 13.0. The molecule has 1 aromatic rings. The third kappa shape index (κ3) is 4.68. The lowest BCUT2D eigenvalue weighted by atomic mass is 9.96. The van der Waals surface area contributed by atoms with Gasteiger partial charge >= 0.3 is 0 Å². The topological polar surface area (TPSA) is 30.5 Å². The summed E-state index contributed by atoms with van der Waals surface area (Å²) in [5.74, 6) is -0.00947. The second kappa shape index (κ2) is 8.35. The van der Waals surface area contributed by atoms with Gasteiger partial charge in [0.2, 0.25) is 0 Å². The third-order valence-corrected chi connectivity index (χ3v) is 3.99. The molecule has 2 rings (SSSR count). The highest BCUT2D eigenvalue weighted by atomic mass is 19.1. The molecule has 1 saturated heterocycles. The first-order chi connectivity index (χ1) is 10.2. The van der Waals surface area contributed by atoms with E-state index >= 15 is 0 Å². The molecule has 0 amide bonds. The van der Waals surface area contributed by atoms with Crippen molar-refractivity contribution in [1.82, 2.24) is 5.32 Å². The summed E-state index contributed by atoms with van der Waals surface area (Å²) in [7, 11) is 1.49. The zero-order valence-corrected chi connectivity index (χ0v) is 13.0. The van der Waals surface area contributed by atoms with E-state index in [1.165, 1.54) is 13.5 Å². The molecule has 3 nitrogen and oxygen atoms in total. The highest BCUT2D eigenvalue weighted by molar-refractivity contribution is 5.31. The van der Waals surface area contributed by atoms with Crippen LogP contribution < -0.4 is 10.1 Å². The van der Waals surface area contributed by atoms with Crippen LogP contribution in [0.15, 0.2) is 18.2 Å². The number of halogens is 1. The largest absolute Gasteiger partial charge is 0.494 e. The van der Waals surface area contributed by atoms with E-state index in [1.54, 1.807) is 12.1 Å². The van der Waals surface area contributed by atoms with E-state index in [9.17, 15) is 4.39 Å². The molecule has 0 aliphatic carbocycles. The average molecular weight is 295 g/mol. The molecule has 1 aliphatic heterocycles. The van der Waals surface area contributed by atoms with Crippen molar-refractivity contribution >= 4 is 0 Å². The number of benzene rings is 1. The first kappa shape index (κ1) is 16.2. The Balaban J connectivity index is 2.08.